The Labute approximate surface area is 179 Å². The quantitative estimate of drug-likeness (QED) is 0.787. The van der Waals surface area contributed by atoms with Crippen LogP contribution < -0.4 is 10.1 Å². The Balaban J connectivity index is 1.13. The Kier molecular flexibility index (Phi) is 5.86. The number of ether oxygens (including phenoxy) is 2. The summed E-state index contributed by atoms with van der Waals surface area (Å²) in [7, 11) is 1.68. The molecule has 1 aromatic heterocycles. The standard InChI is InChI=1S/C24H32N4O2/c1-29-22-4-2-3-18(13-22)23-5-6-24(27-26-23)25-21-11-19-15-28(16-20(19)12-21)14-17-7-9-30-10-8-17/h2-6,13,17,19-21H,7-12,14-16H2,1H3,(H,25,27)/t19-,20+,21?. The van der Waals surface area contributed by atoms with Crippen molar-refractivity contribution < 1.29 is 9.47 Å². The van der Waals surface area contributed by atoms with Crippen molar-refractivity contribution in [2.24, 2.45) is 17.8 Å². The van der Waals surface area contributed by atoms with Crippen LogP contribution in [0.4, 0.5) is 5.82 Å². The van der Waals surface area contributed by atoms with Gasteiger partial charge in [-0.3, -0.25) is 0 Å². The van der Waals surface area contributed by atoms with Gasteiger partial charge in [-0.05, 0) is 67.7 Å². The first-order valence-corrected chi connectivity index (χ1v) is 11.3. The Morgan fingerprint density at radius 1 is 1.07 bits per heavy atom. The second-order valence-electron chi connectivity index (χ2n) is 9.14. The van der Waals surface area contributed by atoms with Gasteiger partial charge in [0.05, 0.1) is 12.8 Å². The number of anilines is 1. The van der Waals surface area contributed by atoms with Crippen LogP contribution in [0.25, 0.3) is 11.3 Å². The summed E-state index contributed by atoms with van der Waals surface area (Å²) in [5.41, 5.74) is 1.89. The third-order valence-corrected chi connectivity index (χ3v) is 7.07. The summed E-state index contributed by atoms with van der Waals surface area (Å²) in [6, 6.07) is 12.5. The van der Waals surface area contributed by atoms with Crippen molar-refractivity contribution >= 4 is 5.82 Å². The lowest BCUT2D eigenvalue weighted by Crippen LogP contribution is -2.32. The van der Waals surface area contributed by atoms with E-state index in [0.29, 0.717) is 6.04 Å². The fraction of sp³-hybridized carbons (Fsp3) is 0.583. The SMILES string of the molecule is COc1cccc(-c2ccc(NC3C[C@@H]4CN(CC5CCOCC5)C[C@@H]4C3)nn2)c1. The summed E-state index contributed by atoms with van der Waals surface area (Å²) in [5.74, 6) is 4.20. The van der Waals surface area contributed by atoms with Gasteiger partial charge in [0.25, 0.3) is 0 Å². The highest BCUT2D eigenvalue weighted by atomic mass is 16.5. The summed E-state index contributed by atoms with van der Waals surface area (Å²) in [4.78, 5) is 2.71. The largest absolute Gasteiger partial charge is 0.497 e. The van der Waals surface area contributed by atoms with E-state index in [1.54, 1.807) is 7.11 Å². The Morgan fingerprint density at radius 3 is 2.57 bits per heavy atom. The first-order valence-electron chi connectivity index (χ1n) is 11.3. The van der Waals surface area contributed by atoms with Crippen molar-refractivity contribution in [3.8, 4) is 17.0 Å². The van der Waals surface area contributed by atoms with Crippen molar-refractivity contribution in [2.75, 3.05) is 45.3 Å². The van der Waals surface area contributed by atoms with Crippen LogP contribution in [0.5, 0.6) is 5.75 Å². The average molecular weight is 409 g/mol. The van der Waals surface area contributed by atoms with Gasteiger partial charge in [-0.15, -0.1) is 10.2 Å². The van der Waals surface area contributed by atoms with E-state index in [1.165, 1.54) is 45.3 Å². The van der Waals surface area contributed by atoms with Gasteiger partial charge in [0.15, 0.2) is 0 Å². The van der Waals surface area contributed by atoms with Gasteiger partial charge in [-0.25, -0.2) is 0 Å². The molecule has 30 heavy (non-hydrogen) atoms. The van der Waals surface area contributed by atoms with E-state index in [0.717, 1.165) is 53.8 Å². The van der Waals surface area contributed by atoms with Crippen LogP contribution in [-0.4, -0.2) is 61.1 Å². The maximum atomic E-state index is 5.51. The van der Waals surface area contributed by atoms with E-state index in [9.17, 15) is 0 Å². The number of likely N-dealkylation sites (tertiary alicyclic amines) is 1. The number of rotatable bonds is 6. The average Bonchev–Trinajstić information content (AvgIpc) is 3.33. The maximum Gasteiger partial charge on any atom is 0.148 e. The number of nitrogens with one attached hydrogen (secondary N) is 1. The number of fused-ring (bicyclic) bond motifs is 1. The molecule has 2 aliphatic heterocycles. The molecule has 1 N–H and O–H groups in total. The molecule has 2 saturated heterocycles. The molecule has 0 spiro atoms. The summed E-state index contributed by atoms with van der Waals surface area (Å²) in [6.45, 7) is 5.71. The minimum absolute atomic E-state index is 0.516. The molecule has 5 rings (SSSR count). The van der Waals surface area contributed by atoms with Crippen LogP contribution in [0.2, 0.25) is 0 Å². The van der Waals surface area contributed by atoms with Crippen molar-refractivity contribution in [1.29, 1.82) is 0 Å². The molecule has 3 fully saturated rings. The fourth-order valence-electron chi connectivity index (χ4n) is 5.51. The van der Waals surface area contributed by atoms with Gasteiger partial charge in [0.1, 0.15) is 11.6 Å². The minimum atomic E-state index is 0.516. The molecule has 1 saturated carbocycles. The minimum Gasteiger partial charge on any atom is -0.497 e. The predicted octanol–water partition coefficient (Wildman–Crippen LogP) is 3.70. The molecule has 1 unspecified atom stereocenters. The zero-order valence-corrected chi connectivity index (χ0v) is 17.8. The molecular formula is C24H32N4O2. The predicted molar refractivity (Wildman–Crippen MR) is 118 cm³/mol. The molecule has 2 aromatic rings. The van der Waals surface area contributed by atoms with Crippen LogP contribution >= 0.6 is 0 Å². The van der Waals surface area contributed by atoms with Gasteiger partial charge in [0, 0.05) is 44.5 Å². The van der Waals surface area contributed by atoms with Gasteiger partial charge in [-0.1, -0.05) is 12.1 Å². The normalized spacial score (nSPS) is 27.2. The molecule has 3 atom stereocenters. The highest BCUT2D eigenvalue weighted by Gasteiger charge is 2.41. The lowest BCUT2D eigenvalue weighted by molar-refractivity contribution is 0.0545. The van der Waals surface area contributed by atoms with Gasteiger partial charge in [-0.2, -0.15) is 0 Å². The number of nitrogens with zero attached hydrogens (tertiary/aromatic N) is 3. The Morgan fingerprint density at radius 2 is 1.87 bits per heavy atom. The monoisotopic (exact) mass is 408 g/mol. The fourth-order valence-corrected chi connectivity index (χ4v) is 5.51. The van der Waals surface area contributed by atoms with E-state index in [2.05, 4.69) is 20.4 Å². The molecule has 6 heteroatoms. The Hall–Kier alpha value is -2.18. The lowest BCUT2D eigenvalue weighted by atomic mass is 10.00. The second kappa shape index (κ2) is 8.90. The number of methoxy groups -OCH3 is 1. The highest BCUT2D eigenvalue weighted by Crippen LogP contribution is 2.39. The molecular weight excluding hydrogens is 376 g/mol. The number of aromatic nitrogens is 2. The second-order valence-corrected chi connectivity index (χ2v) is 9.14. The molecule has 1 aliphatic carbocycles. The molecule has 0 bridgehead atoms. The van der Waals surface area contributed by atoms with E-state index >= 15 is 0 Å². The van der Waals surface area contributed by atoms with Gasteiger partial charge >= 0.3 is 0 Å². The smallest absolute Gasteiger partial charge is 0.148 e. The molecule has 1 aromatic carbocycles. The van der Waals surface area contributed by atoms with Crippen LogP contribution in [0, 0.1) is 17.8 Å². The van der Waals surface area contributed by atoms with Crippen molar-refractivity contribution in [3.63, 3.8) is 0 Å². The first-order chi connectivity index (χ1) is 14.8. The molecule has 0 radical (unpaired) electrons. The van der Waals surface area contributed by atoms with E-state index in [4.69, 9.17) is 9.47 Å². The Bertz CT molecular complexity index is 823. The number of hydrogen-bond acceptors (Lipinski definition) is 6. The molecule has 0 amide bonds. The molecule has 3 heterocycles. The molecule has 6 nitrogen and oxygen atoms in total. The van der Waals surface area contributed by atoms with Crippen LogP contribution in [0.3, 0.4) is 0 Å². The van der Waals surface area contributed by atoms with Crippen molar-refractivity contribution in [3.05, 3.63) is 36.4 Å². The lowest BCUT2D eigenvalue weighted by Gasteiger charge is -2.27. The first kappa shape index (κ1) is 19.8. The summed E-state index contributed by atoms with van der Waals surface area (Å²) in [5, 5.41) is 12.5. The van der Waals surface area contributed by atoms with Crippen molar-refractivity contribution in [2.45, 2.75) is 31.7 Å². The molecule has 160 valence electrons. The number of benzene rings is 1. The van der Waals surface area contributed by atoms with Gasteiger partial charge < -0.3 is 19.7 Å². The summed E-state index contributed by atoms with van der Waals surface area (Å²) >= 11 is 0. The highest BCUT2D eigenvalue weighted by molar-refractivity contribution is 5.61. The maximum absolute atomic E-state index is 5.51. The summed E-state index contributed by atoms with van der Waals surface area (Å²) < 4.78 is 10.8. The topological polar surface area (TPSA) is 59.5 Å². The van der Waals surface area contributed by atoms with E-state index in [1.807, 2.05) is 36.4 Å². The van der Waals surface area contributed by atoms with Crippen LogP contribution in [0.15, 0.2) is 36.4 Å². The van der Waals surface area contributed by atoms with Crippen molar-refractivity contribution in [1.82, 2.24) is 15.1 Å². The van der Waals surface area contributed by atoms with E-state index < -0.39 is 0 Å². The third kappa shape index (κ3) is 4.44. The van der Waals surface area contributed by atoms with Gasteiger partial charge in [0.2, 0.25) is 0 Å². The van der Waals surface area contributed by atoms with E-state index in [-0.39, 0.29) is 0 Å². The number of hydrogen-bond donors (Lipinski definition) is 1. The van der Waals surface area contributed by atoms with Crippen LogP contribution in [0.1, 0.15) is 25.7 Å². The summed E-state index contributed by atoms with van der Waals surface area (Å²) in [6.07, 6.45) is 4.96. The molecule has 3 aliphatic rings. The third-order valence-electron chi connectivity index (χ3n) is 7.07. The zero-order valence-electron chi connectivity index (χ0n) is 17.8. The zero-order chi connectivity index (χ0) is 20.3. The van der Waals surface area contributed by atoms with Crippen LogP contribution in [-0.2, 0) is 4.74 Å².